The van der Waals surface area contributed by atoms with Gasteiger partial charge in [-0.15, -0.1) is 11.8 Å². The van der Waals surface area contributed by atoms with Crippen molar-refractivity contribution in [3.8, 4) is 0 Å². The van der Waals surface area contributed by atoms with Crippen LogP contribution in [-0.2, 0) is 16.1 Å². The Bertz CT molecular complexity index is 1000. The van der Waals surface area contributed by atoms with Crippen LogP contribution in [0, 0.1) is 6.92 Å². The van der Waals surface area contributed by atoms with Gasteiger partial charge in [-0.25, -0.2) is 0 Å². The molecule has 0 aromatic heterocycles. The summed E-state index contributed by atoms with van der Waals surface area (Å²) in [7, 11) is 0. The number of aryl methyl sites for hydroxylation is 1. The van der Waals surface area contributed by atoms with E-state index in [-0.39, 0.29) is 30.0 Å². The number of piperidine rings is 1. The van der Waals surface area contributed by atoms with Gasteiger partial charge in [0.05, 0.1) is 11.4 Å². The van der Waals surface area contributed by atoms with Crippen LogP contribution in [0.5, 0.6) is 0 Å². The highest BCUT2D eigenvalue weighted by Gasteiger charge is 2.28. The number of carbonyl (C=O) groups is 3. The molecule has 0 spiro atoms. The van der Waals surface area contributed by atoms with E-state index in [1.165, 1.54) is 16.7 Å². The molecule has 2 heterocycles. The van der Waals surface area contributed by atoms with Crippen molar-refractivity contribution < 1.29 is 14.4 Å². The number of rotatable bonds is 5. The summed E-state index contributed by atoms with van der Waals surface area (Å²) in [4.78, 5) is 42.4. The van der Waals surface area contributed by atoms with E-state index < -0.39 is 0 Å². The molecular weight excluding hydrogens is 410 g/mol. The number of amides is 3. The highest BCUT2D eigenvalue weighted by Crippen LogP contribution is 2.36. The van der Waals surface area contributed by atoms with Crippen LogP contribution in [-0.4, -0.2) is 48.0 Å². The molecule has 0 aliphatic carbocycles. The summed E-state index contributed by atoms with van der Waals surface area (Å²) in [5.41, 5.74) is 3.37. The van der Waals surface area contributed by atoms with Crippen LogP contribution < -0.4 is 10.2 Å². The summed E-state index contributed by atoms with van der Waals surface area (Å²) in [5, 5.41) is 2.90. The van der Waals surface area contributed by atoms with E-state index >= 15 is 0 Å². The van der Waals surface area contributed by atoms with Gasteiger partial charge in [0.25, 0.3) is 5.91 Å². The Morgan fingerprint density at radius 3 is 2.65 bits per heavy atom. The van der Waals surface area contributed by atoms with Crippen LogP contribution in [0.25, 0.3) is 0 Å². The molecule has 2 aliphatic rings. The fourth-order valence-corrected chi connectivity index (χ4v) is 4.93. The van der Waals surface area contributed by atoms with Gasteiger partial charge >= 0.3 is 0 Å². The number of fused-ring (bicyclic) bond motifs is 1. The summed E-state index contributed by atoms with van der Waals surface area (Å²) in [5.74, 6) is -0.0574. The zero-order chi connectivity index (χ0) is 21.8. The van der Waals surface area contributed by atoms with Crippen molar-refractivity contribution in [2.24, 2.45) is 0 Å². The van der Waals surface area contributed by atoms with Crippen molar-refractivity contribution in [1.29, 1.82) is 0 Å². The summed E-state index contributed by atoms with van der Waals surface area (Å²) in [6, 6.07) is 13.4. The highest BCUT2D eigenvalue weighted by atomic mass is 32.2. The normalized spacial score (nSPS) is 16.1. The molecule has 6 nitrogen and oxygen atoms in total. The Balaban J connectivity index is 1.47. The number of hydrogen-bond donors (Lipinski definition) is 1. The molecule has 2 aromatic carbocycles. The average Bonchev–Trinajstić information content (AvgIpc) is 2.79. The van der Waals surface area contributed by atoms with Gasteiger partial charge in [0.15, 0.2) is 0 Å². The molecule has 1 N–H and O–H groups in total. The minimum Gasteiger partial charge on any atom is -0.350 e. The van der Waals surface area contributed by atoms with Gasteiger partial charge in [0.1, 0.15) is 6.54 Å². The summed E-state index contributed by atoms with van der Waals surface area (Å²) < 4.78 is 0. The topological polar surface area (TPSA) is 69.7 Å². The second-order valence-electron chi connectivity index (χ2n) is 8.07. The molecule has 31 heavy (non-hydrogen) atoms. The zero-order valence-corrected chi connectivity index (χ0v) is 18.5. The Morgan fingerprint density at radius 2 is 1.87 bits per heavy atom. The SMILES string of the molecule is Cc1cccc(CNC(=O)CN2C(=O)CSc3ccc(C(=O)N4CCCCC4)cc32)c1. The number of benzene rings is 2. The number of hydrogen-bond acceptors (Lipinski definition) is 4. The van der Waals surface area contributed by atoms with Gasteiger partial charge in [0.2, 0.25) is 11.8 Å². The smallest absolute Gasteiger partial charge is 0.253 e. The molecule has 0 atom stereocenters. The molecule has 2 aromatic rings. The summed E-state index contributed by atoms with van der Waals surface area (Å²) >= 11 is 1.45. The molecule has 0 unspecified atom stereocenters. The number of thioether (sulfide) groups is 1. The lowest BCUT2D eigenvalue weighted by atomic mass is 10.1. The Hall–Kier alpha value is -2.80. The summed E-state index contributed by atoms with van der Waals surface area (Å²) in [6.07, 6.45) is 3.21. The molecule has 0 radical (unpaired) electrons. The van der Waals surface area contributed by atoms with Crippen LogP contribution in [0.1, 0.15) is 40.7 Å². The number of nitrogens with one attached hydrogen (secondary N) is 1. The first-order valence-electron chi connectivity index (χ1n) is 10.7. The van der Waals surface area contributed by atoms with Crippen LogP contribution in [0.15, 0.2) is 47.4 Å². The fourth-order valence-electron chi connectivity index (χ4n) is 4.01. The molecular formula is C24H27N3O3S. The predicted molar refractivity (Wildman–Crippen MR) is 122 cm³/mol. The Labute approximate surface area is 187 Å². The van der Waals surface area contributed by atoms with Gasteiger partial charge in [-0.2, -0.15) is 0 Å². The van der Waals surface area contributed by atoms with E-state index in [0.29, 0.717) is 17.8 Å². The zero-order valence-electron chi connectivity index (χ0n) is 17.7. The Morgan fingerprint density at radius 1 is 1.06 bits per heavy atom. The first kappa shape index (κ1) is 21.4. The minimum atomic E-state index is -0.222. The number of anilines is 1. The number of nitrogens with zero attached hydrogens (tertiary/aromatic N) is 2. The molecule has 1 saturated heterocycles. The Kier molecular flexibility index (Phi) is 6.61. The van der Waals surface area contributed by atoms with Crippen molar-refractivity contribution in [2.75, 3.05) is 30.3 Å². The third-order valence-corrected chi connectivity index (χ3v) is 6.71. The number of likely N-dealkylation sites (tertiary alicyclic amines) is 1. The van der Waals surface area contributed by atoms with Crippen molar-refractivity contribution in [2.45, 2.75) is 37.6 Å². The lowest BCUT2D eigenvalue weighted by Gasteiger charge is -2.30. The quantitative estimate of drug-likeness (QED) is 0.779. The third kappa shape index (κ3) is 5.10. The van der Waals surface area contributed by atoms with Gasteiger partial charge in [-0.1, -0.05) is 29.8 Å². The van der Waals surface area contributed by atoms with Crippen molar-refractivity contribution in [1.82, 2.24) is 10.2 Å². The van der Waals surface area contributed by atoms with Crippen LogP contribution in [0.2, 0.25) is 0 Å². The van der Waals surface area contributed by atoms with E-state index in [9.17, 15) is 14.4 Å². The standard InChI is InChI=1S/C24H27N3O3S/c1-17-6-5-7-18(12-17)14-25-22(28)15-27-20-13-19(8-9-21(20)31-16-23(27)29)24(30)26-10-3-2-4-11-26/h5-9,12-13H,2-4,10-11,14-16H2,1H3,(H,25,28). The lowest BCUT2D eigenvalue weighted by Crippen LogP contribution is -2.43. The largest absolute Gasteiger partial charge is 0.350 e. The lowest BCUT2D eigenvalue weighted by molar-refractivity contribution is -0.123. The van der Waals surface area contributed by atoms with Gasteiger partial charge in [0, 0.05) is 30.1 Å². The second-order valence-corrected chi connectivity index (χ2v) is 9.09. The van der Waals surface area contributed by atoms with Crippen molar-refractivity contribution in [3.63, 3.8) is 0 Å². The minimum absolute atomic E-state index is 0.00521. The molecule has 3 amide bonds. The molecule has 1 fully saturated rings. The van der Waals surface area contributed by atoms with E-state index in [1.807, 2.05) is 48.2 Å². The van der Waals surface area contributed by atoms with Gasteiger partial charge in [-0.3, -0.25) is 14.4 Å². The van der Waals surface area contributed by atoms with Crippen LogP contribution in [0.4, 0.5) is 5.69 Å². The first-order chi connectivity index (χ1) is 15.0. The van der Waals surface area contributed by atoms with Crippen molar-refractivity contribution in [3.05, 3.63) is 59.2 Å². The summed E-state index contributed by atoms with van der Waals surface area (Å²) in [6.45, 7) is 3.91. The van der Waals surface area contributed by atoms with Gasteiger partial charge in [-0.05, 0) is 49.9 Å². The molecule has 0 saturated carbocycles. The maximum atomic E-state index is 12.9. The average molecular weight is 438 g/mol. The van der Waals surface area contributed by atoms with Crippen LogP contribution in [0.3, 0.4) is 0 Å². The monoisotopic (exact) mass is 437 g/mol. The molecule has 2 aliphatic heterocycles. The first-order valence-corrected chi connectivity index (χ1v) is 11.7. The van der Waals surface area contributed by atoms with Crippen LogP contribution >= 0.6 is 11.8 Å². The predicted octanol–water partition coefficient (Wildman–Crippen LogP) is 3.38. The fraction of sp³-hybridized carbons (Fsp3) is 0.375. The maximum Gasteiger partial charge on any atom is 0.253 e. The number of carbonyl (C=O) groups excluding carboxylic acids is 3. The highest BCUT2D eigenvalue weighted by molar-refractivity contribution is 8.00. The second kappa shape index (κ2) is 9.56. The molecule has 162 valence electrons. The molecule has 4 rings (SSSR count). The maximum absolute atomic E-state index is 12.9. The van der Waals surface area contributed by atoms with Gasteiger partial charge < -0.3 is 15.1 Å². The van der Waals surface area contributed by atoms with E-state index in [1.54, 1.807) is 6.07 Å². The molecule has 7 heteroatoms. The third-order valence-electron chi connectivity index (χ3n) is 5.67. The van der Waals surface area contributed by atoms with E-state index in [4.69, 9.17) is 0 Å². The van der Waals surface area contributed by atoms with E-state index in [0.717, 1.165) is 48.4 Å². The van der Waals surface area contributed by atoms with Crippen molar-refractivity contribution >= 4 is 35.2 Å². The van der Waals surface area contributed by atoms with E-state index in [2.05, 4.69) is 5.32 Å². The molecule has 0 bridgehead atoms.